The second-order valence-corrected chi connectivity index (χ2v) is 21.9. The van der Waals surface area contributed by atoms with E-state index in [2.05, 4.69) is 46.5 Å². The normalized spacial score (nSPS) is 12.1. The summed E-state index contributed by atoms with van der Waals surface area (Å²) < 4.78 is 37.5. The molecule has 218 valence electrons. The minimum Gasteiger partial charge on any atom is 3.00 e. The summed E-state index contributed by atoms with van der Waals surface area (Å²) in [5, 5.41) is 2.08. The van der Waals surface area contributed by atoms with E-state index < -0.39 is 19.6 Å². The maximum Gasteiger partial charge on any atom is 3.00 e. The van der Waals surface area contributed by atoms with Crippen LogP contribution < -0.4 is 4.40 Å². The number of hydrogen-bond acceptors (Lipinski definition) is 2. The number of para-hydroxylation sites is 1. The number of rotatable bonds is 5. The van der Waals surface area contributed by atoms with Gasteiger partial charge >= 0.3 is 124 Å². The van der Waals surface area contributed by atoms with Crippen molar-refractivity contribution in [2.45, 2.75) is 23.6 Å². The van der Waals surface area contributed by atoms with Gasteiger partial charge in [0.2, 0.25) is 0 Å². The molecule has 7 rings (SSSR count). The first-order chi connectivity index (χ1) is 21.6. The van der Waals surface area contributed by atoms with E-state index in [4.69, 9.17) is 7.16 Å². The van der Waals surface area contributed by atoms with Crippen molar-refractivity contribution in [1.82, 2.24) is 4.98 Å². The van der Waals surface area contributed by atoms with Crippen LogP contribution >= 0.6 is 0 Å². The van der Waals surface area contributed by atoms with Crippen LogP contribution in [0.25, 0.3) is 44.3 Å². The van der Waals surface area contributed by atoms with Gasteiger partial charge in [-0.1, -0.05) is 53.9 Å². The van der Waals surface area contributed by atoms with Gasteiger partial charge in [0.15, 0.2) is 0 Å². The molecule has 0 bridgehead atoms. The third-order valence-electron chi connectivity index (χ3n) is 7.15. The monoisotopic (exact) mass is 817 g/mol. The fraction of sp³-hybridized carbons (Fsp3) is 0.103. The van der Waals surface area contributed by atoms with Gasteiger partial charge < -0.3 is 4.42 Å². The number of nitrogens with zero attached hydrogens (tertiary/aromatic N) is 1. The second-order valence-electron chi connectivity index (χ2n) is 11.3. The van der Waals surface area contributed by atoms with Gasteiger partial charge in [0.1, 0.15) is 5.58 Å². The van der Waals surface area contributed by atoms with E-state index in [-0.39, 0.29) is 25.9 Å². The van der Waals surface area contributed by atoms with Gasteiger partial charge in [-0.2, -0.15) is 35.9 Å². The quantitative estimate of drug-likeness (QED) is 0.128. The number of hydrogen-bond donors (Lipinski definition) is 0. The van der Waals surface area contributed by atoms with Crippen LogP contribution in [0.2, 0.25) is 17.3 Å². The first-order valence-electron chi connectivity index (χ1n) is 15.2. The average Bonchev–Trinajstić information content (AvgIpc) is 3.45. The van der Waals surface area contributed by atoms with Gasteiger partial charge in [0, 0.05) is 13.7 Å². The second kappa shape index (κ2) is 13.9. The third kappa shape index (κ3) is 7.27. The zero-order valence-electron chi connectivity index (χ0n) is 26.6. The van der Waals surface area contributed by atoms with Crippen molar-refractivity contribution in [3.8, 4) is 22.4 Å². The number of furan rings is 1. The van der Waals surface area contributed by atoms with Crippen molar-refractivity contribution in [2.75, 3.05) is 0 Å². The molecular formula is C39H31FGeIrNO. The molecule has 0 spiro atoms. The summed E-state index contributed by atoms with van der Waals surface area (Å²) in [5.74, 6) is 6.73. The van der Waals surface area contributed by atoms with Crippen LogP contribution in [-0.4, -0.2) is 18.3 Å². The molecule has 0 aliphatic carbocycles. The zero-order chi connectivity index (χ0) is 31.6. The van der Waals surface area contributed by atoms with Gasteiger partial charge in [0.05, 0.1) is 0 Å². The number of fused-ring (bicyclic) bond motifs is 3. The van der Waals surface area contributed by atoms with Crippen LogP contribution in [0.5, 0.6) is 0 Å². The Kier molecular flexibility index (Phi) is 9.11. The average molecular weight is 816 g/mol. The summed E-state index contributed by atoms with van der Waals surface area (Å²) in [7, 11) is 0. The van der Waals surface area contributed by atoms with Crippen molar-refractivity contribution in [3.63, 3.8) is 0 Å². The minimum atomic E-state index is -1.79. The Balaban J connectivity index is 0.000000200. The molecule has 0 aliphatic heterocycles. The molecule has 0 unspecified atom stereocenters. The molecule has 0 fully saturated rings. The van der Waals surface area contributed by atoms with Crippen LogP contribution in [0.1, 0.15) is 13.9 Å². The Morgan fingerprint density at radius 3 is 2.27 bits per heavy atom. The summed E-state index contributed by atoms with van der Waals surface area (Å²) in [6, 6.07) is 44.4. The van der Waals surface area contributed by atoms with Crippen molar-refractivity contribution < 1.29 is 31.7 Å². The Bertz CT molecular complexity index is 2070. The number of aromatic nitrogens is 1. The molecule has 2 nitrogen and oxygen atoms in total. The maximum atomic E-state index is 12.8. The fourth-order valence-electron chi connectivity index (χ4n) is 4.83. The Labute approximate surface area is 277 Å². The Hall–Kier alpha value is -3.83. The van der Waals surface area contributed by atoms with E-state index in [0.717, 1.165) is 44.3 Å². The molecule has 0 radical (unpaired) electrons. The molecule has 44 heavy (non-hydrogen) atoms. The first-order valence-corrected chi connectivity index (χ1v) is 21.5. The predicted molar refractivity (Wildman–Crippen MR) is 178 cm³/mol. The smallest absolute Gasteiger partial charge is 3.00 e. The van der Waals surface area contributed by atoms with E-state index >= 15 is 0 Å². The Morgan fingerprint density at radius 2 is 1.55 bits per heavy atom. The number of benzene rings is 5. The first kappa shape index (κ1) is 28.9. The van der Waals surface area contributed by atoms with Crippen LogP contribution in [-0.2, 0) is 26.5 Å². The van der Waals surface area contributed by atoms with Crippen LogP contribution in [0.3, 0.4) is 0 Å². The summed E-state index contributed by atoms with van der Waals surface area (Å²) in [6.07, 6.45) is 0.347. The maximum absolute atomic E-state index is 12.8. The standard InChI is InChI=1S/C25H16O.C14H15FGeN.Ir/c1-2-8-18(9-3-1)16-19-10-6-11-20(17-19)21-13-7-14-23-22-12-4-5-15-24(22)26-25(21)23;1-16(2,3)13-8-9-14(17-10-13)11-4-6-12(15)7-5-11;/h1-10,12,14-15,17H,16H2;4,6-10H,1-3H3;/q-2;-1;+3/i16D2;;. The van der Waals surface area contributed by atoms with E-state index in [1.807, 2.05) is 85.1 Å². The molecule has 0 saturated heterocycles. The summed E-state index contributed by atoms with van der Waals surface area (Å²) >= 11 is -1.79. The van der Waals surface area contributed by atoms with E-state index in [9.17, 15) is 4.39 Å². The van der Waals surface area contributed by atoms with Crippen molar-refractivity contribution in [3.05, 3.63) is 157 Å². The molecule has 2 heterocycles. The van der Waals surface area contributed by atoms with Gasteiger partial charge in [-0.25, -0.2) is 5.56 Å². The largest absolute Gasteiger partial charge is 3.00 e. The van der Waals surface area contributed by atoms with Crippen LogP contribution in [0.15, 0.2) is 126 Å². The Morgan fingerprint density at radius 1 is 0.773 bits per heavy atom. The van der Waals surface area contributed by atoms with E-state index in [1.54, 1.807) is 18.2 Å². The molecule has 2 aromatic heterocycles. The fourth-order valence-corrected chi connectivity index (χ4v) is 7.00. The van der Waals surface area contributed by atoms with E-state index in [1.165, 1.54) is 16.5 Å². The number of pyridine rings is 1. The predicted octanol–water partition coefficient (Wildman–Crippen LogP) is 9.67. The molecular weight excluding hydrogens is 782 g/mol. The third-order valence-corrected chi connectivity index (χ3v) is 11.4. The SMILES string of the molecule is [2H]C([2H])(c1ccccc1)c1cc[c-]c(-c2[c-]ccc3c2oc2ccccc23)c1.[CH3][Ge]([CH3])([CH3])[c]1ccc(-c2[c-]cc(F)cc2)nc1.[Ir+3]. The summed E-state index contributed by atoms with van der Waals surface area (Å²) in [6.45, 7) is 0. The molecule has 5 heteroatoms. The van der Waals surface area contributed by atoms with Crippen LogP contribution in [0.4, 0.5) is 4.39 Å². The molecule has 0 amide bonds. The summed E-state index contributed by atoms with van der Waals surface area (Å²) in [5.41, 5.74) is 6.01. The molecule has 5 aromatic carbocycles. The summed E-state index contributed by atoms with van der Waals surface area (Å²) in [4.78, 5) is 4.44. The van der Waals surface area contributed by atoms with Gasteiger partial charge in [-0.05, 0) is 18.0 Å². The van der Waals surface area contributed by atoms with Crippen LogP contribution in [0, 0.1) is 24.0 Å². The van der Waals surface area contributed by atoms with Crippen molar-refractivity contribution in [1.29, 1.82) is 0 Å². The van der Waals surface area contributed by atoms with Gasteiger partial charge in [-0.15, -0.1) is 17.7 Å². The van der Waals surface area contributed by atoms with E-state index in [0.29, 0.717) is 11.1 Å². The van der Waals surface area contributed by atoms with Gasteiger partial charge in [0.25, 0.3) is 0 Å². The number of halogens is 1. The molecule has 7 aromatic rings. The van der Waals surface area contributed by atoms with Crippen molar-refractivity contribution in [2.24, 2.45) is 0 Å². The molecule has 0 saturated carbocycles. The molecule has 0 atom stereocenters. The van der Waals surface area contributed by atoms with Gasteiger partial charge in [-0.3, -0.25) is 0 Å². The van der Waals surface area contributed by atoms with Crippen molar-refractivity contribution >= 4 is 39.6 Å². The topological polar surface area (TPSA) is 26.0 Å². The minimum absolute atomic E-state index is 0. The molecule has 0 N–H and O–H groups in total. The zero-order valence-corrected chi connectivity index (χ0v) is 29.1. The molecule has 0 aliphatic rings.